The number of aliphatic hydroxyl groups excluding tert-OH is 1. The van der Waals surface area contributed by atoms with Gasteiger partial charge in [-0.25, -0.2) is 4.79 Å². The number of ether oxygens (including phenoxy) is 1. The van der Waals surface area contributed by atoms with E-state index in [1.165, 1.54) is 5.56 Å². The van der Waals surface area contributed by atoms with Crippen molar-refractivity contribution in [3.8, 4) is 5.75 Å². The van der Waals surface area contributed by atoms with E-state index in [1.54, 1.807) is 4.90 Å². The van der Waals surface area contributed by atoms with E-state index >= 15 is 0 Å². The summed E-state index contributed by atoms with van der Waals surface area (Å²) in [5, 5.41) is 10.9. The maximum absolute atomic E-state index is 12.8. The number of aryl methyl sites for hydroxylation is 1. The van der Waals surface area contributed by atoms with Crippen LogP contribution in [-0.2, 0) is 12.8 Å². The molecule has 160 valence electrons. The molecule has 0 bridgehead atoms. The van der Waals surface area contributed by atoms with Gasteiger partial charge in [-0.3, -0.25) is 4.90 Å². The molecule has 2 aromatic carbocycles. The Bertz CT molecular complexity index is 957. The fraction of sp³-hybridized carbons (Fsp3) is 0.458. The Morgan fingerprint density at radius 2 is 2.07 bits per heavy atom. The van der Waals surface area contributed by atoms with Crippen LogP contribution in [0.4, 0.5) is 10.5 Å². The van der Waals surface area contributed by atoms with E-state index in [1.807, 2.05) is 30.3 Å². The molecule has 2 aliphatic rings. The summed E-state index contributed by atoms with van der Waals surface area (Å²) >= 11 is 6.26. The van der Waals surface area contributed by atoms with Gasteiger partial charge in [-0.05, 0) is 55.0 Å². The van der Waals surface area contributed by atoms with Crippen LogP contribution in [0.15, 0.2) is 36.4 Å². The third-order valence-electron chi connectivity index (χ3n) is 6.76. The SMILES string of the molecule is CCC1(CC)C[C@@H](N(C(N)=O)c2cccc3c2C[C@@H](O)CC3)c2ccc(Cl)cc2O1. The summed E-state index contributed by atoms with van der Waals surface area (Å²) in [4.78, 5) is 14.6. The molecule has 0 saturated carbocycles. The second-order valence-corrected chi connectivity index (χ2v) is 8.85. The van der Waals surface area contributed by atoms with Crippen LogP contribution in [-0.4, -0.2) is 22.8 Å². The minimum atomic E-state index is -0.502. The second-order valence-electron chi connectivity index (χ2n) is 8.41. The molecular formula is C24H29ClN2O3. The highest BCUT2D eigenvalue weighted by molar-refractivity contribution is 6.30. The first kappa shape index (κ1) is 21.0. The number of aliphatic hydroxyl groups is 1. The van der Waals surface area contributed by atoms with Gasteiger partial charge in [-0.1, -0.05) is 43.6 Å². The van der Waals surface area contributed by atoms with Crippen LogP contribution in [0.3, 0.4) is 0 Å². The Labute approximate surface area is 182 Å². The summed E-state index contributed by atoms with van der Waals surface area (Å²) in [6.07, 6.45) is 3.92. The molecule has 2 atom stereocenters. The molecule has 3 N–H and O–H groups in total. The monoisotopic (exact) mass is 428 g/mol. The lowest BCUT2D eigenvalue weighted by molar-refractivity contribution is 0.0280. The molecule has 0 radical (unpaired) electrons. The Balaban J connectivity index is 1.87. The zero-order valence-corrected chi connectivity index (χ0v) is 18.3. The van der Waals surface area contributed by atoms with Crippen molar-refractivity contribution in [2.45, 2.75) is 70.1 Å². The third kappa shape index (κ3) is 3.65. The number of nitrogens with zero attached hydrogens (tertiary/aromatic N) is 1. The standard InChI is InChI=1S/C24H29ClN2O3/c1-3-24(4-2)14-21(18-11-9-16(25)12-22(18)30-24)27(23(26)29)20-7-5-6-15-8-10-17(28)13-19(15)20/h5-7,9,11-12,17,21,28H,3-4,8,10,13-14H2,1-2H3,(H2,26,29)/t17-,21+/m0/s1. The first-order valence-electron chi connectivity index (χ1n) is 10.7. The molecule has 5 nitrogen and oxygen atoms in total. The maximum atomic E-state index is 12.8. The van der Waals surface area contributed by atoms with E-state index in [0.29, 0.717) is 23.6 Å². The fourth-order valence-corrected chi connectivity index (χ4v) is 5.10. The Kier molecular flexibility index (Phi) is 5.69. The van der Waals surface area contributed by atoms with Crippen molar-refractivity contribution >= 4 is 23.3 Å². The van der Waals surface area contributed by atoms with Crippen molar-refractivity contribution in [3.05, 3.63) is 58.1 Å². The molecule has 1 aliphatic heterocycles. The highest BCUT2D eigenvalue weighted by atomic mass is 35.5. The summed E-state index contributed by atoms with van der Waals surface area (Å²) in [5.74, 6) is 0.707. The Morgan fingerprint density at radius 1 is 1.30 bits per heavy atom. The lowest BCUT2D eigenvalue weighted by atomic mass is 9.82. The average molecular weight is 429 g/mol. The van der Waals surface area contributed by atoms with E-state index in [2.05, 4.69) is 19.9 Å². The number of fused-ring (bicyclic) bond motifs is 2. The average Bonchev–Trinajstić information content (AvgIpc) is 2.73. The molecule has 4 rings (SSSR count). The Hall–Kier alpha value is -2.24. The number of halogens is 1. The van der Waals surface area contributed by atoms with Crippen LogP contribution in [0, 0.1) is 0 Å². The summed E-state index contributed by atoms with van der Waals surface area (Å²) in [6.45, 7) is 4.21. The van der Waals surface area contributed by atoms with Crippen molar-refractivity contribution in [2.75, 3.05) is 4.90 Å². The minimum Gasteiger partial charge on any atom is -0.487 e. The number of carbonyl (C=O) groups excluding carboxylic acids is 1. The Morgan fingerprint density at radius 3 is 2.77 bits per heavy atom. The first-order valence-corrected chi connectivity index (χ1v) is 11.1. The number of primary amides is 1. The largest absolute Gasteiger partial charge is 0.487 e. The van der Waals surface area contributed by atoms with Gasteiger partial charge in [-0.15, -0.1) is 0 Å². The van der Waals surface area contributed by atoms with Crippen LogP contribution in [0.1, 0.15) is 62.3 Å². The summed E-state index contributed by atoms with van der Waals surface area (Å²) < 4.78 is 6.42. The smallest absolute Gasteiger partial charge is 0.319 e. The van der Waals surface area contributed by atoms with Crippen LogP contribution in [0.2, 0.25) is 5.02 Å². The van der Waals surface area contributed by atoms with Gasteiger partial charge in [0.05, 0.1) is 12.1 Å². The van der Waals surface area contributed by atoms with Gasteiger partial charge in [0.25, 0.3) is 0 Å². The molecule has 2 aromatic rings. The van der Waals surface area contributed by atoms with Gasteiger partial charge in [0, 0.05) is 29.1 Å². The normalized spacial score (nSPS) is 21.9. The minimum absolute atomic E-state index is 0.269. The number of anilines is 1. The topological polar surface area (TPSA) is 75.8 Å². The highest BCUT2D eigenvalue weighted by Gasteiger charge is 2.43. The van der Waals surface area contributed by atoms with Gasteiger partial charge in [0.15, 0.2) is 0 Å². The molecule has 0 unspecified atom stereocenters. The van der Waals surface area contributed by atoms with Crippen molar-refractivity contribution in [1.29, 1.82) is 0 Å². The number of carbonyl (C=O) groups is 1. The molecule has 0 saturated heterocycles. The first-order chi connectivity index (χ1) is 14.4. The van der Waals surface area contributed by atoms with Crippen molar-refractivity contribution in [3.63, 3.8) is 0 Å². The molecule has 2 amide bonds. The number of hydrogen-bond donors (Lipinski definition) is 2. The molecule has 1 heterocycles. The van der Waals surface area contributed by atoms with Crippen LogP contribution in [0.25, 0.3) is 0 Å². The molecule has 30 heavy (non-hydrogen) atoms. The molecular weight excluding hydrogens is 400 g/mol. The molecule has 0 spiro atoms. The number of hydrogen-bond acceptors (Lipinski definition) is 3. The number of nitrogens with two attached hydrogens (primary N) is 1. The second kappa shape index (κ2) is 8.12. The number of urea groups is 1. The van der Waals surface area contributed by atoms with Crippen molar-refractivity contribution in [2.24, 2.45) is 5.73 Å². The van der Waals surface area contributed by atoms with E-state index in [9.17, 15) is 9.90 Å². The zero-order valence-electron chi connectivity index (χ0n) is 17.5. The predicted octanol–water partition coefficient (Wildman–Crippen LogP) is 5.16. The third-order valence-corrected chi connectivity index (χ3v) is 6.99. The zero-order chi connectivity index (χ0) is 21.5. The maximum Gasteiger partial charge on any atom is 0.319 e. The van der Waals surface area contributed by atoms with E-state index in [4.69, 9.17) is 22.1 Å². The number of amides is 2. The fourth-order valence-electron chi connectivity index (χ4n) is 4.94. The predicted molar refractivity (Wildman–Crippen MR) is 119 cm³/mol. The summed E-state index contributed by atoms with van der Waals surface area (Å²) in [6, 6.07) is 10.8. The number of benzene rings is 2. The molecule has 1 aliphatic carbocycles. The van der Waals surface area contributed by atoms with Crippen LogP contribution in [0.5, 0.6) is 5.75 Å². The van der Waals surface area contributed by atoms with Crippen molar-refractivity contribution in [1.82, 2.24) is 0 Å². The van der Waals surface area contributed by atoms with Crippen LogP contribution < -0.4 is 15.4 Å². The van der Waals surface area contributed by atoms with Gasteiger partial charge >= 0.3 is 6.03 Å². The van der Waals surface area contributed by atoms with E-state index in [-0.39, 0.29) is 6.04 Å². The van der Waals surface area contributed by atoms with Gasteiger partial charge in [0.2, 0.25) is 0 Å². The molecule has 0 fully saturated rings. The van der Waals surface area contributed by atoms with Gasteiger partial charge in [-0.2, -0.15) is 0 Å². The molecule has 0 aromatic heterocycles. The summed E-state index contributed by atoms with van der Waals surface area (Å²) in [5.41, 5.74) is 9.46. The quantitative estimate of drug-likeness (QED) is 0.706. The van der Waals surface area contributed by atoms with Crippen LogP contribution >= 0.6 is 11.6 Å². The summed E-state index contributed by atoms with van der Waals surface area (Å²) in [7, 11) is 0. The van der Waals surface area contributed by atoms with Gasteiger partial charge in [0.1, 0.15) is 11.4 Å². The lowest BCUT2D eigenvalue weighted by Crippen LogP contribution is -2.48. The highest BCUT2D eigenvalue weighted by Crippen LogP contribution is 2.48. The van der Waals surface area contributed by atoms with E-state index < -0.39 is 17.7 Å². The lowest BCUT2D eigenvalue weighted by Gasteiger charge is -2.45. The number of rotatable bonds is 4. The van der Waals surface area contributed by atoms with E-state index in [0.717, 1.165) is 42.5 Å². The van der Waals surface area contributed by atoms with Gasteiger partial charge < -0.3 is 15.6 Å². The van der Waals surface area contributed by atoms with Crippen molar-refractivity contribution < 1.29 is 14.6 Å². The molecule has 6 heteroatoms.